The number of carbonyl (C=O) groups excluding carboxylic acids is 3. The Kier molecular flexibility index (Phi) is 7.78. The summed E-state index contributed by atoms with van der Waals surface area (Å²) >= 11 is 3.34. The third-order valence-electron chi connectivity index (χ3n) is 3.51. The highest BCUT2D eigenvalue weighted by Crippen LogP contribution is 2.18. The first kappa shape index (κ1) is 22.4. The van der Waals surface area contributed by atoms with E-state index >= 15 is 0 Å². The molecule has 0 aliphatic heterocycles. The number of benzene rings is 2. The van der Waals surface area contributed by atoms with E-state index in [-0.39, 0.29) is 24.8 Å². The molecule has 0 aliphatic carbocycles. The molecule has 0 radical (unpaired) electrons. The minimum Gasteiger partial charge on any atom is -0.444 e. The van der Waals surface area contributed by atoms with Crippen LogP contribution in [-0.4, -0.2) is 30.1 Å². The van der Waals surface area contributed by atoms with Gasteiger partial charge in [-0.2, -0.15) is 0 Å². The van der Waals surface area contributed by atoms with Crippen molar-refractivity contribution in [2.45, 2.75) is 32.8 Å². The lowest BCUT2D eigenvalue weighted by Gasteiger charge is -2.19. The lowest BCUT2D eigenvalue weighted by Crippen LogP contribution is -2.34. The molecule has 0 aliphatic rings. The molecular formula is C21H24BrN3O4. The summed E-state index contributed by atoms with van der Waals surface area (Å²) in [5, 5.41) is 8.06. The third kappa shape index (κ3) is 8.35. The summed E-state index contributed by atoms with van der Waals surface area (Å²) in [5.74, 6) is -0.520. The van der Waals surface area contributed by atoms with Gasteiger partial charge in [0.1, 0.15) is 5.60 Å². The van der Waals surface area contributed by atoms with Crippen molar-refractivity contribution in [1.29, 1.82) is 0 Å². The van der Waals surface area contributed by atoms with Crippen LogP contribution in [0.3, 0.4) is 0 Å². The molecule has 154 valence electrons. The highest BCUT2D eigenvalue weighted by Gasteiger charge is 2.16. The second-order valence-electron chi connectivity index (χ2n) is 7.27. The molecule has 0 fully saturated rings. The van der Waals surface area contributed by atoms with Crippen LogP contribution in [0.4, 0.5) is 16.2 Å². The lowest BCUT2D eigenvalue weighted by molar-refractivity contribution is -0.116. The number of anilines is 2. The fourth-order valence-corrected chi connectivity index (χ4v) is 2.72. The maximum Gasteiger partial charge on any atom is 0.407 e. The van der Waals surface area contributed by atoms with Gasteiger partial charge in [-0.3, -0.25) is 9.59 Å². The summed E-state index contributed by atoms with van der Waals surface area (Å²) in [4.78, 5) is 36.0. The molecule has 2 aromatic rings. The quantitative estimate of drug-likeness (QED) is 0.587. The number of carbonyl (C=O) groups is 3. The van der Waals surface area contributed by atoms with E-state index in [0.29, 0.717) is 16.9 Å². The Balaban J connectivity index is 1.85. The fraction of sp³-hybridized carbons (Fsp3) is 0.286. The predicted octanol–water partition coefficient (Wildman–Crippen LogP) is 4.55. The van der Waals surface area contributed by atoms with Crippen molar-refractivity contribution in [3.63, 3.8) is 0 Å². The maximum atomic E-state index is 12.3. The van der Waals surface area contributed by atoms with E-state index in [2.05, 4.69) is 31.9 Å². The normalized spacial score (nSPS) is 10.8. The number of amides is 3. The van der Waals surface area contributed by atoms with Crippen LogP contribution in [-0.2, 0) is 9.53 Å². The predicted molar refractivity (Wildman–Crippen MR) is 116 cm³/mol. The minimum absolute atomic E-state index is 0.0911. The second-order valence-corrected chi connectivity index (χ2v) is 8.19. The number of halogens is 1. The molecule has 2 aromatic carbocycles. The van der Waals surface area contributed by atoms with Gasteiger partial charge in [0, 0.05) is 34.4 Å². The zero-order chi connectivity index (χ0) is 21.4. The number of alkyl carbamates (subject to hydrolysis) is 1. The molecular weight excluding hydrogens is 438 g/mol. The smallest absolute Gasteiger partial charge is 0.407 e. The van der Waals surface area contributed by atoms with Gasteiger partial charge in [0.05, 0.1) is 0 Å². The molecule has 0 saturated heterocycles. The van der Waals surface area contributed by atoms with Gasteiger partial charge in [0.2, 0.25) is 5.91 Å². The van der Waals surface area contributed by atoms with Gasteiger partial charge in [-0.25, -0.2) is 4.79 Å². The van der Waals surface area contributed by atoms with Crippen molar-refractivity contribution in [1.82, 2.24) is 5.32 Å². The first-order valence-corrected chi connectivity index (χ1v) is 9.85. The summed E-state index contributed by atoms with van der Waals surface area (Å²) in [5.41, 5.74) is 1.02. The maximum absolute atomic E-state index is 12.3. The highest BCUT2D eigenvalue weighted by molar-refractivity contribution is 9.10. The van der Waals surface area contributed by atoms with Gasteiger partial charge in [-0.05, 0) is 57.2 Å². The summed E-state index contributed by atoms with van der Waals surface area (Å²) in [7, 11) is 0. The molecule has 0 bridgehead atoms. The zero-order valence-corrected chi connectivity index (χ0v) is 18.1. The monoisotopic (exact) mass is 461 g/mol. The molecule has 29 heavy (non-hydrogen) atoms. The van der Waals surface area contributed by atoms with E-state index in [1.165, 1.54) is 0 Å². The van der Waals surface area contributed by atoms with Crippen LogP contribution in [0, 0.1) is 0 Å². The van der Waals surface area contributed by atoms with Crippen molar-refractivity contribution in [2.24, 2.45) is 0 Å². The molecule has 3 amide bonds. The first-order chi connectivity index (χ1) is 13.6. The Labute approximate surface area is 178 Å². The molecule has 0 atom stereocenters. The average molecular weight is 462 g/mol. The Morgan fingerprint density at radius 1 is 0.966 bits per heavy atom. The largest absolute Gasteiger partial charge is 0.444 e. The molecule has 3 N–H and O–H groups in total. The van der Waals surface area contributed by atoms with Crippen molar-refractivity contribution in [2.75, 3.05) is 17.2 Å². The lowest BCUT2D eigenvalue weighted by atomic mass is 10.2. The summed E-state index contributed by atoms with van der Waals surface area (Å²) in [6.07, 6.45) is -0.476. The minimum atomic E-state index is -0.590. The highest BCUT2D eigenvalue weighted by atomic mass is 79.9. The van der Waals surface area contributed by atoms with Crippen LogP contribution in [0.15, 0.2) is 53.0 Å². The summed E-state index contributed by atoms with van der Waals surface area (Å²) in [6.45, 7) is 5.45. The topological polar surface area (TPSA) is 96.5 Å². The number of rotatable bonds is 6. The van der Waals surface area contributed by atoms with Gasteiger partial charge >= 0.3 is 6.09 Å². The van der Waals surface area contributed by atoms with Crippen molar-refractivity contribution >= 4 is 45.2 Å². The van der Waals surface area contributed by atoms with Crippen LogP contribution >= 0.6 is 15.9 Å². The van der Waals surface area contributed by atoms with E-state index in [1.54, 1.807) is 63.2 Å². The molecule has 8 heteroatoms. The molecule has 7 nitrogen and oxygen atoms in total. The number of ether oxygens (including phenoxy) is 1. The van der Waals surface area contributed by atoms with Crippen molar-refractivity contribution in [3.05, 3.63) is 58.6 Å². The van der Waals surface area contributed by atoms with Gasteiger partial charge in [-0.15, -0.1) is 0 Å². The second kappa shape index (κ2) is 10.1. The van der Waals surface area contributed by atoms with E-state index < -0.39 is 11.7 Å². The number of hydrogen-bond donors (Lipinski definition) is 3. The zero-order valence-electron chi connectivity index (χ0n) is 16.5. The Morgan fingerprint density at radius 2 is 1.62 bits per heavy atom. The summed E-state index contributed by atoms with van der Waals surface area (Å²) < 4.78 is 5.92. The fourth-order valence-electron chi connectivity index (χ4n) is 2.32. The third-order valence-corrected chi connectivity index (χ3v) is 4.00. The first-order valence-electron chi connectivity index (χ1n) is 9.06. The van der Waals surface area contributed by atoms with Crippen LogP contribution in [0.2, 0.25) is 0 Å². The Bertz CT molecular complexity index is 893. The molecule has 0 unspecified atom stereocenters. The molecule has 0 saturated carbocycles. The van der Waals surface area contributed by atoms with E-state index in [0.717, 1.165) is 4.47 Å². The molecule has 0 aromatic heterocycles. The van der Waals surface area contributed by atoms with Crippen LogP contribution in [0.25, 0.3) is 0 Å². The van der Waals surface area contributed by atoms with Crippen molar-refractivity contribution in [3.8, 4) is 0 Å². The Morgan fingerprint density at radius 3 is 2.28 bits per heavy atom. The molecule has 0 spiro atoms. The summed E-state index contributed by atoms with van der Waals surface area (Å²) in [6, 6.07) is 13.9. The molecule has 0 heterocycles. The van der Waals surface area contributed by atoms with E-state index in [4.69, 9.17) is 4.74 Å². The number of nitrogens with one attached hydrogen (secondary N) is 3. The SMILES string of the molecule is CC(C)(C)OC(=O)NCCC(=O)Nc1cccc(NC(=O)c2cccc(Br)c2)c1. The molecule has 2 rings (SSSR count). The Hall–Kier alpha value is -2.87. The van der Waals surface area contributed by atoms with Gasteiger partial charge in [0.25, 0.3) is 5.91 Å². The average Bonchev–Trinajstić information content (AvgIpc) is 2.60. The van der Waals surface area contributed by atoms with Gasteiger partial charge in [-0.1, -0.05) is 28.1 Å². The van der Waals surface area contributed by atoms with Gasteiger partial charge in [0.15, 0.2) is 0 Å². The standard InChI is InChI=1S/C21H24BrN3O4/c1-21(2,3)29-20(28)23-11-10-18(26)24-16-8-5-9-17(13-16)25-19(27)14-6-4-7-15(22)12-14/h4-9,12-13H,10-11H2,1-3H3,(H,23,28)(H,24,26)(H,25,27). The van der Waals surface area contributed by atoms with E-state index in [9.17, 15) is 14.4 Å². The van der Waals surface area contributed by atoms with Crippen LogP contribution in [0.5, 0.6) is 0 Å². The van der Waals surface area contributed by atoms with Crippen LogP contribution in [0.1, 0.15) is 37.6 Å². The van der Waals surface area contributed by atoms with Gasteiger partial charge < -0.3 is 20.7 Å². The van der Waals surface area contributed by atoms with Crippen LogP contribution < -0.4 is 16.0 Å². The number of hydrogen-bond acceptors (Lipinski definition) is 4. The van der Waals surface area contributed by atoms with E-state index in [1.807, 2.05) is 6.07 Å². The van der Waals surface area contributed by atoms with Crippen molar-refractivity contribution < 1.29 is 19.1 Å².